The summed E-state index contributed by atoms with van der Waals surface area (Å²) in [5, 5.41) is 15.2. The summed E-state index contributed by atoms with van der Waals surface area (Å²) in [5.41, 5.74) is 0.574. The molecule has 1 fully saturated rings. The van der Waals surface area contributed by atoms with Crippen molar-refractivity contribution < 1.29 is 9.18 Å². The normalized spacial score (nSPS) is 17.9. The largest absolute Gasteiger partial charge is 0.312 e. The Morgan fingerprint density at radius 2 is 2.26 bits per heavy atom. The molecule has 2 aromatic rings. The summed E-state index contributed by atoms with van der Waals surface area (Å²) in [5.74, 6) is 1.71. The molecule has 3 rings (SSSR count). The number of nitrogens with one attached hydrogen (secondary N) is 2. The predicted molar refractivity (Wildman–Crippen MR) is 91.5 cm³/mol. The molecule has 1 aromatic carbocycles. The molecule has 5 nitrogen and oxygen atoms in total. The highest BCUT2D eigenvalue weighted by Gasteiger charge is 2.18. The number of thioether (sulfide) groups is 1. The number of halogens is 1. The average molecular weight is 352 g/mol. The second-order valence-corrected chi connectivity index (χ2v) is 7.46. The van der Waals surface area contributed by atoms with Crippen LogP contribution in [0.3, 0.4) is 0 Å². The van der Waals surface area contributed by atoms with Crippen molar-refractivity contribution in [1.29, 1.82) is 0 Å². The van der Waals surface area contributed by atoms with Gasteiger partial charge in [-0.05, 0) is 11.6 Å². The first-order chi connectivity index (χ1) is 11.2. The average Bonchev–Trinajstić information content (AvgIpc) is 2.97. The molecule has 1 saturated heterocycles. The molecule has 1 amide bonds. The molecule has 23 heavy (non-hydrogen) atoms. The van der Waals surface area contributed by atoms with Crippen molar-refractivity contribution >= 4 is 34.1 Å². The Balaban J connectivity index is 1.54. The van der Waals surface area contributed by atoms with Gasteiger partial charge in [0.1, 0.15) is 10.8 Å². The van der Waals surface area contributed by atoms with Crippen LogP contribution < -0.4 is 10.6 Å². The van der Waals surface area contributed by atoms with Gasteiger partial charge in [-0.3, -0.25) is 4.79 Å². The minimum atomic E-state index is -0.255. The summed E-state index contributed by atoms with van der Waals surface area (Å²) in [4.78, 5) is 12.0. The van der Waals surface area contributed by atoms with Gasteiger partial charge in [0, 0.05) is 36.9 Å². The van der Waals surface area contributed by atoms with Crippen molar-refractivity contribution in [2.45, 2.75) is 18.9 Å². The zero-order valence-corrected chi connectivity index (χ0v) is 14.1. The van der Waals surface area contributed by atoms with E-state index < -0.39 is 0 Å². The third kappa shape index (κ3) is 4.73. The second kappa shape index (κ2) is 7.85. The third-order valence-electron chi connectivity index (χ3n) is 3.44. The van der Waals surface area contributed by atoms with E-state index in [1.54, 1.807) is 18.2 Å². The number of hydrogen-bond acceptors (Lipinski definition) is 6. The summed E-state index contributed by atoms with van der Waals surface area (Å²) < 4.78 is 13.6. The second-order valence-electron chi connectivity index (χ2n) is 5.25. The number of nitrogens with zero attached hydrogens (tertiary/aromatic N) is 2. The van der Waals surface area contributed by atoms with E-state index in [0.29, 0.717) is 28.5 Å². The molecule has 1 unspecified atom stereocenters. The molecule has 0 aliphatic carbocycles. The number of hydrogen-bond donors (Lipinski definition) is 2. The quantitative estimate of drug-likeness (QED) is 0.864. The lowest BCUT2D eigenvalue weighted by Crippen LogP contribution is -2.39. The van der Waals surface area contributed by atoms with E-state index in [2.05, 4.69) is 20.8 Å². The van der Waals surface area contributed by atoms with Crippen LogP contribution in [0.2, 0.25) is 0 Å². The molecule has 2 heterocycles. The van der Waals surface area contributed by atoms with E-state index in [1.165, 1.54) is 17.4 Å². The van der Waals surface area contributed by atoms with Crippen LogP contribution in [-0.2, 0) is 11.2 Å². The number of amides is 1. The zero-order valence-electron chi connectivity index (χ0n) is 12.4. The number of anilines is 1. The number of carbonyl (C=O) groups excluding carboxylic acids is 1. The molecule has 122 valence electrons. The highest BCUT2D eigenvalue weighted by molar-refractivity contribution is 7.99. The third-order valence-corrected chi connectivity index (χ3v) is 5.41. The molecule has 0 radical (unpaired) electrons. The van der Waals surface area contributed by atoms with E-state index in [0.717, 1.165) is 18.1 Å². The Labute approximate surface area is 142 Å². The maximum absolute atomic E-state index is 13.6. The molecule has 1 aromatic heterocycles. The van der Waals surface area contributed by atoms with E-state index in [9.17, 15) is 9.18 Å². The molecule has 1 aliphatic heterocycles. The van der Waals surface area contributed by atoms with Gasteiger partial charge in [-0.1, -0.05) is 29.5 Å². The minimum absolute atomic E-state index is 0.0707. The number of carbonyl (C=O) groups is 1. The van der Waals surface area contributed by atoms with Gasteiger partial charge in [0.25, 0.3) is 0 Å². The number of aromatic nitrogens is 2. The molecule has 0 bridgehead atoms. The highest BCUT2D eigenvalue weighted by Crippen LogP contribution is 2.20. The molecule has 1 atom stereocenters. The van der Waals surface area contributed by atoms with Crippen LogP contribution in [-0.4, -0.2) is 40.2 Å². The van der Waals surface area contributed by atoms with E-state index in [1.807, 2.05) is 11.8 Å². The van der Waals surface area contributed by atoms with Crippen molar-refractivity contribution in [3.8, 4) is 0 Å². The van der Waals surface area contributed by atoms with Gasteiger partial charge in [0.05, 0.1) is 0 Å². The fourth-order valence-corrected chi connectivity index (χ4v) is 4.05. The summed E-state index contributed by atoms with van der Waals surface area (Å²) in [7, 11) is 0. The van der Waals surface area contributed by atoms with Crippen molar-refractivity contribution in [3.05, 3.63) is 40.7 Å². The maximum atomic E-state index is 13.6. The number of rotatable bonds is 5. The highest BCUT2D eigenvalue weighted by atomic mass is 32.2. The number of benzene rings is 1. The Morgan fingerprint density at radius 3 is 3.04 bits per heavy atom. The van der Waals surface area contributed by atoms with Crippen LogP contribution in [0.25, 0.3) is 0 Å². The monoisotopic (exact) mass is 352 g/mol. The molecule has 1 aliphatic rings. The molecule has 0 spiro atoms. The Kier molecular flexibility index (Phi) is 5.58. The summed E-state index contributed by atoms with van der Waals surface area (Å²) in [6.07, 6.45) is 0.802. The van der Waals surface area contributed by atoms with Crippen LogP contribution in [0.15, 0.2) is 24.3 Å². The Morgan fingerprint density at radius 1 is 1.39 bits per heavy atom. The summed E-state index contributed by atoms with van der Waals surface area (Å²) in [6.45, 7) is 0.939. The zero-order chi connectivity index (χ0) is 16.1. The Hall–Kier alpha value is -1.51. The molecule has 0 saturated carbocycles. The van der Waals surface area contributed by atoms with Gasteiger partial charge in [-0.25, -0.2) is 4.39 Å². The first-order valence-corrected chi connectivity index (χ1v) is 9.34. The maximum Gasteiger partial charge on any atom is 0.227 e. The van der Waals surface area contributed by atoms with E-state index in [4.69, 9.17) is 0 Å². The van der Waals surface area contributed by atoms with Crippen LogP contribution in [0.4, 0.5) is 9.52 Å². The fraction of sp³-hybridized carbons (Fsp3) is 0.400. The van der Waals surface area contributed by atoms with Crippen LogP contribution in [0, 0.1) is 5.82 Å². The van der Waals surface area contributed by atoms with Crippen molar-refractivity contribution in [2.24, 2.45) is 0 Å². The SMILES string of the molecule is O=C(CC1CSCCN1)Nc1nnc(Cc2ccccc2F)s1. The molecule has 8 heteroatoms. The first-order valence-electron chi connectivity index (χ1n) is 7.37. The fourth-order valence-electron chi connectivity index (χ4n) is 2.33. The Bertz CT molecular complexity index is 673. The lowest BCUT2D eigenvalue weighted by molar-refractivity contribution is -0.116. The van der Waals surface area contributed by atoms with Crippen molar-refractivity contribution in [2.75, 3.05) is 23.4 Å². The lowest BCUT2D eigenvalue weighted by atomic mass is 10.1. The van der Waals surface area contributed by atoms with Crippen LogP contribution in [0.1, 0.15) is 17.0 Å². The van der Waals surface area contributed by atoms with Gasteiger partial charge in [0.15, 0.2) is 0 Å². The molecular formula is C15H17FN4OS2. The van der Waals surface area contributed by atoms with Crippen molar-refractivity contribution in [1.82, 2.24) is 15.5 Å². The first kappa shape index (κ1) is 16.4. The predicted octanol–water partition coefficient (Wildman–Crippen LogP) is 2.30. The standard InChI is InChI=1S/C15H17FN4OS2/c16-12-4-2-1-3-10(12)7-14-19-20-15(23-14)18-13(21)8-11-9-22-6-5-17-11/h1-4,11,17H,5-9H2,(H,18,20,21). The topological polar surface area (TPSA) is 66.9 Å². The van der Waals surface area contributed by atoms with Crippen LogP contribution in [0.5, 0.6) is 0 Å². The van der Waals surface area contributed by atoms with Gasteiger partial charge in [0.2, 0.25) is 11.0 Å². The van der Waals surface area contributed by atoms with E-state index >= 15 is 0 Å². The van der Waals surface area contributed by atoms with E-state index in [-0.39, 0.29) is 17.8 Å². The van der Waals surface area contributed by atoms with Gasteiger partial charge >= 0.3 is 0 Å². The van der Waals surface area contributed by atoms with Crippen LogP contribution >= 0.6 is 23.1 Å². The summed E-state index contributed by atoms with van der Waals surface area (Å²) >= 11 is 3.13. The van der Waals surface area contributed by atoms with Gasteiger partial charge < -0.3 is 10.6 Å². The molecule has 2 N–H and O–H groups in total. The van der Waals surface area contributed by atoms with Gasteiger partial charge in [-0.15, -0.1) is 10.2 Å². The lowest BCUT2D eigenvalue weighted by Gasteiger charge is -2.22. The molecular weight excluding hydrogens is 335 g/mol. The van der Waals surface area contributed by atoms with Crippen molar-refractivity contribution in [3.63, 3.8) is 0 Å². The smallest absolute Gasteiger partial charge is 0.227 e. The van der Waals surface area contributed by atoms with Gasteiger partial charge in [-0.2, -0.15) is 11.8 Å². The minimum Gasteiger partial charge on any atom is -0.312 e. The summed E-state index contributed by atoms with van der Waals surface area (Å²) in [6, 6.07) is 6.80.